The van der Waals surface area contributed by atoms with Gasteiger partial charge in [-0.25, -0.2) is 0 Å². The van der Waals surface area contributed by atoms with E-state index in [1.54, 1.807) is 0 Å². The van der Waals surface area contributed by atoms with Crippen LogP contribution in [0.5, 0.6) is 0 Å². The maximum atomic E-state index is 13.0. The average Bonchev–Trinajstić information content (AvgIpc) is 3.49. The quantitative estimate of drug-likeness (QED) is 0.0261. The molecule has 0 amide bonds. The van der Waals surface area contributed by atoms with Crippen molar-refractivity contribution in [1.29, 1.82) is 0 Å². The highest BCUT2D eigenvalue weighted by molar-refractivity contribution is 5.71. The molecule has 0 radical (unpaired) electrons. The molecule has 0 saturated carbocycles. The number of hydrogen-bond donors (Lipinski definition) is 0. The van der Waals surface area contributed by atoms with Gasteiger partial charge in [0.25, 0.3) is 0 Å². The minimum atomic E-state index is -0.796. The molecule has 0 aromatic carbocycles. The molecule has 0 aliphatic heterocycles. The molecule has 6 heteroatoms. The first kappa shape index (κ1) is 78.5. The molecule has 0 aromatic heterocycles. The van der Waals surface area contributed by atoms with Crippen molar-refractivity contribution in [1.82, 2.24) is 0 Å². The molecule has 0 fully saturated rings. The molecule has 0 aliphatic rings. The largest absolute Gasteiger partial charge is 0.462 e. The molecule has 0 rings (SSSR count). The summed E-state index contributed by atoms with van der Waals surface area (Å²) in [4.78, 5) is 38.5. The zero-order chi connectivity index (χ0) is 59.9. The van der Waals surface area contributed by atoms with Gasteiger partial charge in [-0.2, -0.15) is 0 Å². The molecule has 0 N–H and O–H groups in total. The molecule has 0 aromatic rings. The Balaban J connectivity index is 4.44. The number of carbonyl (C=O) groups is 3. The van der Waals surface area contributed by atoms with E-state index >= 15 is 0 Å². The van der Waals surface area contributed by atoms with Gasteiger partial charge in [0.15, 0.2) is 6.10 Å². The van der Waals surface area contributed by atoms with Crippen LogP contribution in [0.15, 0.2) is 134 Å². The molecule has 472 valence electrons. The van der Waals surface area contributed by atoms with Crippen molar-refractivity contribution in [3.8, 4) is 0 Å². The van der Waals surface area contributed by atoms with Crippen molar-refractivity contribution in [2.24, 2.45) is 0 Å². The predicted octanol–water partition coefficient (Wildman–Crippen LogP) is 24.1. The zero-order valence-electron chi connectivity index (χ0n) is 54.2. The van der Waals surface area contributed by atoms with Crippen LogP contribution in [0, 0.1) is 0 Å². The van der Waals surface area contributed by atoms with Crippen LogP contribution in [0.1, 0.15) is 316 Å². The Labute approximate surface area is 513 Å². The standard InChI is InChI=1S/C77H128O6/c1-4-7-10-13-16-19-22-25-28-31-33-35-37-38-40-41-43-46-49-52-55-58-61-64-67-70-76(79)82-73-74(72-81-75(78)69-66-63-60-57-54-51-48-45-30-27-24-21-18-15-12-9-6-3)83-77(80)71-68-65-62-59-56-53-50-47-44-42-39-36-34-32-29-26-23-20-17-14-11-8-5-2/h7-8,10-11,16-17,19-20,25-26,28-29,33-36,38,40,42-44,46,74H,4-6,9,12-15,18,21-24,27,30-32,37,39,41,45,47-73H2,1-3H3/b10-7-,11-8-,19-16-,20-17-,28-25-,29-26-,35-33-,36-34-,40-38-,44-42-,46-43-. The Morgan fingerprint density at radius 1 is 0.253 bits per heavy atom. The van der Waals surface area contributed by atoms with Crippen LogP contribution in [-0.4, -0.2) is 37.2 Å². The summed E-state index contributed by atoms with van der Waals surface area (Å²) >= 11 is 0. The summed E-state index contributed by atoms with van der Waals surface area (Å²) in [5, 5.41) is 0. The summed E-state index contributed by atoms with van der Waals surface area (Å²) in [5.41, 5.74) is 0. The second kappa shape index (κ2) is 70.0. The maximum absolute atomic E-state index is 13.0. The molecule has 0 heterocycles. The van der Waals surface area contributed by atoms with Crippen molar-refractivity contribution in [3.05, 3.63) is 134 Å². The van der Waals surface area contributed by atoms with Crippen LogP contribution >= 0.6 is 0 Å². The Kier molecular flexibility index (Phi) is 66.3. The Bertz CT molecular complexity index is 1750. The third-order valence-corrected chi connectivity index (χ3v) is 14.7. The first-order valence-corrected chi connectivity index (χ1v) is 34.7. The summed E-state index contributed by atoms with van der Waals surface area (Å²) in [5.74, 6) is -0.905. The SMILES string of the molecule is CC/C=C\C/C=C\C/C=C\C/C=C\C/C=C\C/C=C\CCCCCCCCC(=O)OCC(COC(=O)CCCCCCCCCCCCCCCCCCC)OC(=O)CCCCCCCCC/C=C\C/C=C\C/C=C\C/C=C\C/C=C\CC. The number of unbranched alkanes of at least 4 members (excludes halogenated alkanes) is 29. The van der Waals surface area contributed by atoms with Gasteiger partial charge in [-0.3, -0.25) is 14.4 Å². The fourth-order valence-corrected chi connectivity index (χ4v) is 9.53. The number of rotatable bonds is 62. The molecule has 0 saturated heterocycles. The van der Waals surface area contributed by atoms with Crippen LogP contribution in [0.25, 0.3) is 0 Å². The number of ether oxygens (including phenoxy) is 3. The van der Waals surface area contributed by atoms with Gasteiger partial charge >= 0.3 is 17.9 Å². The van der Waals surface area contributed by atoms with E-state index in [0.29, 0.717) is 19.3 Å². The van der Waals surface area contributed by atoms with E-state index in [1.807, 2.05) is 0 Å². The van der Waals surface area contributed by atoms with E-state index in [0.717, 1.165) is 148 Å². The topological polar surface area (TPSA) is 78.9 Å². The van der Waals surface area contributed by atoms with Gasteiger partial charge in [0, 0.05) is 19.3 Å². The van der Waals surface area contributed by atoms with Crippen molar-refractivity contribution in [3.63, 3.8) is 0 Å². The maximum Gasteiger partial charge on any atom is 0.306 e. The Hall–Kier alpha value is -4.45. The highest BCUT2D eigenvalue weighted by Gasteiger charge is 2.19. The van der Waals surface area contributed by atoms with Gasteiger partial charge in [-0.15, -0.1) is 0 Å². The third kappa shape index (κ3) is 68.2. The summed E-state index contributed by atoms with van der Waals surface area (Å²) in [6.45, 7) is 6.42. The van der Waals surface area contributed by atoms with Gasteiger partial charge in [0.2, 0.25) is 0 Å². The molecule has 0 spiro atoms. The van der Waals surface area contributed by atoms with E-state index in [-0.39, 0.29) is 31.1 Å². The average molecular weight is 1150 g/mol. The highest BCUT2D eigenvalue weighted by Crippen LogP contribution is 2.17. The van der Waals surface area contributed by atoms with Crippen LogP contribution in [0.2, 0.25) is 0 Å². The first-order valence-electron chi connectivity index (χ1n) is 34.7. The van der Waals surface area contributed by atoms with Crippen molar-refractivity contribution < 1.29 is 28.6 Å². The zero-order valence-corrected chi connectivity index (χ0v) is 54.2. The molecule has 1 atom stereocenters. The summed E-state index contributed by atoms with van der Waals surface area (Å²) in [7, 11) is 0. The minimum absolute atomic E-state index is 0.0883. The van der Waals surface area contributed by atoms with E-state index < -0.39 is 6.10 Å². The third-order valence-electron chi connectivity index (χ3n) is 14.7. The number of carbonyl (C=O) groups excluding carboxylic acids is 3. The van der Waals surface area contributed by atoms with Crippen LogP contribution < -0.4 is 0 Å². The molecule has 6 nitrogen and oxygen atoms in total. The fourth-order valence-electron chi connectivity index (χ4n) is 9.53. The number of hydrogen-bond acceptors (Lipinski definition) is 6. The summed E-state index contributed by atoms with van der Waals surface area (Å²) < 4.78 is 17.0. The van der Waals surface area contributed by atoms with Crippen LogP contribution in [0.3, 0.4) is 0 Å². The van der Waals surface area contributed by atoms with E-state index in [9.17, 15) is 14.4 Å². The minimum Gasteiger partial charge on any atom is -0.462 e. The molecule has 1 unspecified atom stereocenters. The molecule has 0 bridgehead atoms. The molecule has 0 aliphatic carbocycles. The van der Waals surface area contributed by atoms with Crippen molar-refractivity contribution >= 4 is 17.9 Å². The second-order valence-corrected chi connectivity index (χ2v) is 22.7. The van der Waals surface area contributed by atoms with Crippen molar-refractivity contribution in [2.45, 2.75) is 322 Å². The Morgan fingerprint density at radius 3 is 0.735 bits per heavy atom. The lowest BCUT2D eigenvalue weighted by Gasteiger charge is -2.18. The van der Waals surface area contributed by atoms with E-state index in [4.69, 9.17) is 14.2 Å². The predicted molar refractivity (Wildman–Crippen MR) is 362 cm³/mol. The molecular weight excluding hydrogens is 1020 g/mol. The highest BCUT2D eigenvalue weighted by atomic mass is 16.6. The lowest BCUT2D eigenvalue weighted by atomic mass is 10.0. The number of allylic oxidation sites excluding steroid dienone is 22. The normalized spacial score (nSPS) is 13.0. The van der Waals surface area contributed by atoms with Crippen LogP contribution in [0.4, 0.5) is 0 Å². The monoisotopic (exact) mass is 1150 g/mol. The first-order chi connectivity index (χ1) is 41.0. The fraction of sp³-hybridized carbons (Fsp3) is 0.675. The van der Waals surface area contributed by atoms with Gasteiger partial charge in [0.1, 0.15) is 13.2 Å². The van der Waals surface area contributed by atoms with Crippen LogP contribution in [-0.2, 0) is 28.6 Å². The van der Waals surface area contributed by atoms with E-state index in [2.05, 4.69) is 154 Å². The lowest BCUT2D eigenvalue weighted by Crippen LogP contribution is -2.30. The second-order valence-electron chi connectivity index (χ2n) is 22.7. The summed E-state index contributed by atoms with van der Waals surface area (Å²) in [6.07, 6.45) is 98.8. The number of esters is 3. The molecular formula is C77H128O6. The smallest absolute Gasteiger partial charge is 0.306 e. The van der Waals surface area contributed by atoms with Gasteiger partial charge in [0.05, 0.1) is 0 Å². The molecule has 83 heavy (non-hydrogen) atoms. The van der Waals surface area contributed by atoms with Crippen molar-refractivity contribution in [2.75, 3.05) is 13.2 Å². The lowest BCUT2D eigenvalue weighted by molar-refractivity contribution is -0.167. The van der Waals surface area contributed by atoms with Gasteiger partial charge in [-0.05, 0) is 116 Å². The van der Waals surface area contributed by atoms with E-state index in [1.165, 1.54) is 128 Å². The van der Waals surface area contributed by atoms with Gasteiger partial charge in [-0.1, -0.05) is 315 Å². The Morgan fingerprint density at radius 2 is 0.470 bits per heavy atom. The summed E-state index contributed by atoms with van der Waals surface area (Å²) in [6, 6.07) is 0. The van der Waals surface area contributed by atoms with Gasteiger partial charge < -0.3 is 14.2 Å².